The fourth-order valence-electron chi connectivity index (χ4n) is 2.22. The van der Waals surface area contributed by atoms with Crippen molar-refractivity contribution in [1.29, 1.82) is 5.26 Å². The number of aromatic nitrogens is 1. The van der Waals surface area contributed by atoms with Crippen LogP contribution < -0.4 is 15.4 Å². The second kappa shape index (κ2) is 8.14. The van der Waals surface area contributed by atoms with E-state index in [0.717, 1.165) is 11.4 Å². The van der Waals surface area contributed by atoms with Gasteiger partial charge in [0.05, 0.1) is 18.2 Å². The van der Waals surface area contributed by atoms with Crippen LogP contribution in [0.2, 0.25) is 0 Å². The molecule has 0 aliphatic carbocycles. The molecular formula is C19H16N4O2S. The Morgan fingerprint density at radius 3 is 2.77 bits per heavy atom. The number of anilines is 3. The van der Waals surface area contributed by atoms with Crippen LogP contribution >= 0.6 is 11.3 Å². The number of carbonyl (C=O) groups excluding carboxylic acids is 1. The van der Waals surface area contributed by atoms with Crippen LogP contribution in [0.5, 0.6) is 5.75 Å². The average Bonchev–Trinajstić information content (AvgIpc) is 3.12. The highest BCUT2D eigenvalue weighted by Gasteiger charge is 2.11. The van der Waals surface area contributed by atoms with Crippen molar-refractivity contribution in [3.63, 3.8) is 0 Å². The summed E-state index contributed by atoms with van der Waals surface area (Å²) in [5.74, 6) is 0.480. The maximum absolute atomic E-state index is 12.3. The summed E-state index contributed by atoms with van der Waals surface area (Å²) in [6.07, 6.45) is 0. The first-order chi connectivity index (χ1) is 12.7. The first kappa shape index (κ1) is 17.5. The van der Waals surface area contributed by atoms with Gasteiger partial charge in [-0.15, -0.1) is 11.3 Å². The van der Waals surface area contributed by atoms with Gasteiger partial charge >= 0.3 is 0 Å². The molecule has 0 spiro atoms. The lowest BCUT2D eigenvalue weighted by molar-refractivity contribution is 0.102. The standard InChI is InChI=1S/C19H16N4O2S/c1-2-25-16-8-6-14(7-9-16)22-19-23-17(12-26-19)18(24)21-15-5-3-4-13(10-15)11-20/h3-10,12H,2H2,1H3,(H,21,24)(H,22,23). The zero-order valence-electron chi connectivity index (χ0n) is 14.0. The lowest BCUT2D eigenvalue weighted by atomic mass is 10.2. The van der Waals surface area contributed by atoms with E-state index in [-0.39, 0.29) is 5.91 Å². The molecule has 130 valence electrons. The molecule has 7 heteroatoms. The number of nitrogens with zero attached hydrogens (tertiary/aromatic N) is 2. The Kier molecular flexibility index (Phi) is 5.46. The van der Waals surface area contributed by atoms with Crippen molar-refractivity contribution >= 4 is 33.8 Å². The van der Waals surface area contributed by atoms with E-state index in [1.807, 2.05) is 37.3 Å². The Labute approximate surface area is 155 Å². The predicted molar refractivity (Wildman–Crippen MR) is 102 cm³/mol. The van der Waals surface area contributed by atoms with Crippen LogP contribution in [0.3, 0.4) is 0 Å². The fourth-order valence-corrected chi connectivity index (χ4v) is 2.93. The van der Waals surface area contributed by atoms with Crippen LogP contribution in [0.25, 0.3) is 0 Å². The van der Waals surface area contributed by atoms with Crippen LogP contribution in [0.15, 0.2) is 53.9 Å². The highest BCUT2D eigenvalue weighted by atomic mass is 32.1. The summed E-state index contributed by atoms with van der Waals surface area (Å²) in [6, 6.07) is 16.3. The number of rotatable bonds is 6. The number of benzene rings is 2. The minimum absolute atomic E-state index is 0.311. The molecule has 1 amide bonds. The molecule has 0 aliphatic heterocycles. The summed E-state index contributed by atoms with van der Waals surface area (Å²) in [7, 11) is 0. The lowest BCUT2D eigenvalue weighted by Crippen LogP contribution is -2.12. The topological polar surface area (TPSA) is 87.0 Å². The van der Waals surface area contributed by atoms with E-state index in [0.29, 0.717) is 28.7 Å². The highest BCUT2D eigenvalue weighted by Crippen LogP contribution is 2.23. The van der Waals surface area contributed by atoms with E-state index in [4.69, 9.17) is 10.00 Å². The van der Waals surface area contributed by atoms with Gasteiger partial charge in [0.2, 0.25) is 0 Å². The molecule has 2 aromatic carbocycles. The Morgan fingerprint density at radius 2 is 2.04 bits per heavy atom. The van der Waals surface area contributed by atoms with Gasteiger partial charge < -0.3 is 15.4 Å². The third kappa shape index (κ3) is 4.37. The Hall–Kier alpha value is -3.37. The van der Waals surface area contributed by atoms with Gasteiger partial charge in [0.1, 0.15) is 11.4 Å². The van der Waals surface area contributed by atoms with E-state index < -0.39 is 0 Å². The first-order valence-corrected chi connectivity index (χ1v) is 8.83. The number of carbonyl (C=O) groups is 1. The third-order valence-corrected chi connectivity index (χ3v) is 4.16. The molecule has 0 bridgehead atoms. The monoisotopic (exact) mass is 364 g/mol. The van der Waals surface area contributed by atoms with Gasteiger partial charge in [-0.05, 0) is 49.4 Å². The molecule has 2 N–H and O–H groups in total. The SMILES string of the molecule is CCOc1ccc(Nc2nc(C(=O)Nc3cccc(C#N)c3)cs2)cc1. The molecule has 26 heavy (non-hydrogen) atoms. The number of thiazole rings is 1. The normalized spacial score (nSPS) is 10.0. The van der Waals surface area contributed by atoms with Gasteiger partial charge in [-0.3, -0.25) is 4.79 Å². The molecule has 1 aromatic heterocycles. The molecule has 0 aliphatic rings. The van der Waals surface area contributed by atoms with Crippen molar-refractivity contribution in [3.05, 3.63) is 65.2 Å². The van der Waals surface area contributed by atoms with Gasteiger partial charge in [0.25, 0.3) is 5.91 Å². The molecule has 6 nitrogen and oxygen atoms in total. The Balaban J connectivity index is 1.65. The third-order valence-electron chi connectivity index (χ3n) is 3.40. The van der Waals surface area contributed by atoms with E-state index in [1.54, 1.807) is 29.6 Å². The van der Waals surface area contributed by atoms with E-state index in [1.165, 1.54) is 11.3 Å². The van der Waals surface area contributed by atoms with Crippen molar-refractivity contribution < 1.29 is 9.53 Å². The minimum atomic E-state index is -0.323. The number of nitriles is 1. The van der Waals surface area contributed by atoms with Crippen LogP contribution in [0.4, 0.5) is 16.5 Å². The quantitative estimate of drug-likeness (QED) is 0.676. The smallest absolute Gasteiger partial charge is 0.275 e. The Morgan fingerprint density at radius 1 is 1.23 bits per heavy atom. The van der Waals surface area contributed by atoms with Crippen molar-refractivity contribution in [2.75, 3.05) is 17.2 Å². The highest BCUT2D eigenvalue weighted by molar-refractivity contribution is 7.14. The second-order valence-corrected chi connectivity index (χ2v) is 6.13. The minimum Gasteiger partial charge on any atom is -0.494 e. The summed E-state index contributed by atoms with van der Waals surface area (Å²) in [4.78, 5) is 16.6. The Bertz CT molecular complexity index is 945. The summed E-state index contributed by atoms with van der Waals surface area (Å²) in [5.41, 5.74) is 2.21. The van der Waals surface area contributed by atoms with Gasteiger partial charge in [-0.1, -0.05) is 6.07 Å². The van der Waals surface area contributed by atoms with Gasteiger partial charge in [0, 0.05) is 16.8 Å². The van der Waals surface area contributed by atoms with E-state index >= 15 is 0 Å². The molecule has 3 rings (SSSR count). The molecule has 0 saturated carbocycles. The van der Waals surface area contributed by atoms with Gasteiger partial charge in [0.15, 0.2) is 5.13 Å². The van der Waals surface area contributed by atoms with Crippen LogP contribution in [-0.2, 0) is 0 Å². The van der Waals surface area contributed by atoms with Gasteiger partial charge in [-0.2, -0.15) is 5.26 Å². The van der Waals surface area contributed by atoms with Crippen LogP contribution in [0, 0.1) is 11.3 Å². The molecule has 1 heterocycles. The van der Waals surface area contributed by atoms with Crippen LogP contribution in [0.1, 0.15) is 23.0 Å². The van der Waals surface area contributed by atoms with Crippen molar-refractivity contribution in [2.45, 2.75) is 6.92 Å². The number of nitrogens with one attached hydrogen (secondary N) is 2. The average molecular weight is 364 g/mol. The maximum Gasteiger partial charge on any atom is 0.275 e. The largest absolute Gasteiger partial charge is 0.494 e. The molecule has 0 unspecified atom stereocenters. The van der Waals surface area contributed by atoms with Crippen molar-refractivity contribution in [1.82, 2.24) is 4.98 Å². The summed E-state index contributed by atoms with van der Waals surface area (Å²) >= 11 is 1.34. The molecular weight excluding hydrogens is 348 g/mol. The summed E-state index contributed by atoms with van der Waals surface area (Å²) in [6.45, 7) is 2.56. The zero-order valence-corrected chi connectivity index (χ0v) is 14.8. The zero-order chi connectivity index (χ0) is 18.4. The molecule has 0 radical (unpaired) electrons. The number of amides is 1. The lowest BCUT2D eigenvalue weighted by Gasteiger charge is -2.05. The van der Waals surface area contributed by atoms with Gasteiger partial charge in [-0.25, -0.2) is 4.98 Å². The molecule has 0 saturated heterocycles. The number of hydrogen-bond acceptors (Lipinski definition) is 6. The second-order valence-electron chi connectivity index (χ2n) is 5.27. The number of ether oxygens (including phenoxy) is 1. The van der Waals surface area contributed by atoms with E-state index in [2.05, 4.69) is 15.6 Å². The van der Waals surface area contributed by atoms with Crippen molar-refractivity contribution in [3.8, 4) is 11.8 Å². The molecule has 0 fully saturated rings. The molecule has 3 aromatic rings. The predicted octanol–water partition coefficient (Wildman–Crippen LogP) is 4.41. The fraction of sp³-hybridized carbons (Fsp3) is 0.105. The number of hydrogen-bond donors (Lipinski definition) is 2. The summed E-state index contributed by atoms with van der Waals surface area (Å²) < 4.78 is 5.41. The summed E-state index contributed by atoms with van der Waals surface area (Å²) in [5, 5.41) is 17.1. The maximum atomic E-state index is 12.3. The van der Waals surface area contributed by atoms with Crippen LogP contribution in [-0.4, -0.2) is 17.5 Å². The molecule has 0 atom stereocenters. The van der Waals surface area contributed by atoms with E-state index in [9.17, 15) is 4.79 Å². The first-order valence-electron chi connectivity index (χ1n) is 7.95. The van der Waals surface area contributed by atoms with Crippen molar-refractivity contribution in [2.24, 2.45) is 0 Å².